The van der Waals surface area contributed by atoms with E-state index in [-0.39, 0.29) is 5.91 Å². The summed E-state index contributed by atoms with van der Waals surface area (Å²) in [5.41, 5.74) is 1.63. The predicted molar refractivity (Wildman–Crippen MR) is 117 cm³/mol. The SMILES string of the molecule is CNc1ncc2c(C#CCN3CCC(NC(C)=O)CC3)nn(CC3CCCC3)c2n1. The number of nitrogens with zero attached hydrogens (tertiary/aromatic N) is 5. The quantitative estimate of drug-likeness (QED) is 0.735. The molecule has 3 heterocycles. The average Bonchev–Trinajstić information content (AvgIpc) is 3.37. The predicted octanol–water partition coefficient (Wildman–Crippen LogP) is 2.01. The van der Waals surface area contributed by atoms with Gasteiger partial charge in [-0.25, -0.2) is 9.67 Å². The maximum absolute atomic E-state index is 11.2. The molecule has 0 bridgehead atoms. The van der Waals surface area contributed by atoms with E-state index in [1.807, 2.05) is 17.9 Å². The molecule has 2 aromatic heterocycles. The molecule has 2 N–H and O–H groups in total. The fraction of sp³-hybridized carbons (Fsp3) is 0.636. The molecular weight excluding hydrogens is 378 g/mol. The van der Waals surface area contributed by atoms with Crippen LogP contribution in [0.15, 0.2) is 6.20 Å². The first kappa shape index (κ1) is 20.6. The number of anilines is 1. The monoisotopic (exact) mass is 409 g/mol. The molecule has 1 amide bonds. The zero-order valence-electron chi connectivity index (χ0n) is 17.9. The van der Waals surface area contributed by atoms with E-state index in [4.69, 9.17) is 5.10 Å². The van der Waals surface area contributed by atoms with Crippen molar-refractivity contribution in [2.24, 2.45) is 5.92 Å². The Labute approximate surface area is 177 Å². The van der Waals surface area contributed by atoms with Crippen LogP contribution < -0.4 is 10.6 Å². The lowest BCUT2D eigenvalue weighted by Crippen LogP contribution is -2.44. The molecule has 0 radical (unpaired) electrons. The van der Waals surface area contributed by atoms with Crippen molar-refractivity contribution >= 4 is 22.9 Å². The number of hydrogen-bond acceptors (Lipinski definition) is 6. The minimum atomic E-state index is 0.0527. The van der Waals surface area contributed by atoms with Gasteiger partial charge in [-0.1, -0.05) is 18.8 Å². The molecule has 0 aromatic carbocycles. The van der Waals surface area contributed by atoms with Crippen LogP contribution in [-0.4, -0.2) is 63.3 Å². The van der Waals surface area contributed by atoms with Gasteiger partial charge in [0.2, 0.25) is 11.9 Å². The van der Waals surface area contributed by atoms with E-state index in [9.17, 15) is 4.79 Å². The van der Waals surface area contributed by atoms with E-state index >= 15 is 0 Å². The first-order valence-electron chi connectivity index (χ1n) is 11.0. The second-order valence-electron chi connectivity index (χ2n) is 8.41. The molecule has 0 unspecified atom stereocenters. The maximum Gasteiger partial charge on any atom is 0.224 e. The van der Waals surface area contributed by atoms with Gasteiger partial charge >= 0.3 is 0 Å². The lowest BCUT2D eigenvalue weighted by Gasteiger charge is -2.30. The van der Waals surface area contributed by atoms with Gasteiger partial charge in [0.25, 0.3) is 0 Å². The van der Waals surface area contributed by atoms with Crippen molar-refractivity contribution in [1.29, 1.82) is 0 Å². The fourth-order valence-electron chi connectivity index (χ4n) is 4.49. The Morgan fingerprint density at radius 2 is 2.00 bits per heavy atom. The molecule has 2 aromatic rings. The fourth-order valence-corrected chi connectivity index (χ4v) is 4.49. The highest BCUT2D eigenvalue weighted by Gasteiger charge is 2.20. The van der Waals surface area contributed by atoms with E-state index in [1.165, 1.54) is 25.7 Å². The Kier molecular flexibility index (Phi) is 6.48. The van der Waals surface area contributed by atoms with Crippen LogP contribution in [0.2, 0.25) is 0 Å². The van der Waals surface area contributed by atoms with E-state index in [1.54, 1.807) is 6.92 Å². The van der Waals surface area contributed by atoms with Crippen LogP contribution in [0.25, 0.3) is 11.0 Å². The molecule has 0 atom stereocenters. The molecular formula is C22H31N7O. The van der Waals surface area contributed by atoms with Gasteiger partial charge in [-0.15, -0.1) is 0 Å². The van der Waals surface area contributed by atoms with Crippen LogP contribution in [0.3, 0.4) is 0 Å². The Balaban J connectivity index is 1.46. The number of fused-ring (bicyclic) bond motifs is 1. The third-order valence-corrected chi connectivity index (χ3v) is 6.12. The van der Waals surface area contributed by atoms with Gasteiger partial charge in [-0.2, -0.15) is 10.1 Å². The standard InChI is InChI=1S/C22H31N7O/c1-16(30)25-18-9-12-28(13-10-18)11-5-8-20-19-14-24-22(23-2)26-21(19)29(27-20)15-17-6-3-4-7-17/h14,17-18H,3-4,6-7,9-13,15H2,1-2H3,(H,25,30)(H,23,24,26). The van der Waals surface area contributed by atoms with Crippen LogP contribution in [-0.2, 0) is 11.3 Å². The van der Waals surface area contributed by atoms with Gasteiger partial charge in [0.05, 0.1) is 11.9 Å². The van der Waals surface area contributed by atoms with Crippen molar-refractivity contribution in [1.82, 2.24) is 30.0 Å². The van der Waals surface area contributed by atoms with Crippen LogP contribution in [0.5, 0.6) is 0 Å². The van der Waals surface area contributed by atoms with Crippen molar-refractivity contribution in [3.8, 4) is 11.8 Å². The molecule has 1 aliphatic carbocycles. The van der Waals surface area contributed by atoms with Crippen molar-refractivity contribution < 1.29 is 4.79 Å². The largest absolute Gasteiger partial charge is 0.357 e. The highest BCUT2D eigenvalue weighted by molar-refractivity contribution is 5.81. The minimum Gasteiger partial charge on any atom is -0.357 e. The number of carbonyl (C=O) groups excluding carboxylic acids is 1. The summed E-state index contributed by atoms with van der Waals surface area (Å²) in [5.74, 6) is 7.90. The van der Waals surface area contributed by atoms with Crippen LogP contribution in [0.1, 0.15) is 51.1 Å². The number of nitrogens with one attached hydrogen (secondary N) is 2. The topological polar surface area (TPSA) is 88.0 Å². The minimum absolute atomic E-state index is 0.0527. The summed E-state index contributed by atoms with van der Waals surface area (Å²) in [4.78, 5) is 22.6. The molecule has 0 spiro atoms. The lowest BCUT2D eigenvalue weighted by atomic mass is 10.1. The molecule has 8 nitrogen and oxygen atoms in total. The van der Waals surface area contributed by atoms with Gasteiger partial charge in [-0.05, 0) is 37.5 Å². The Hall–Kier alpha value is -2.66. The molecule has 30 heavy (non-hydrogen) atoms. The summed E-state index contributed by atoms with van der Waals surface area (Å²) in [6.45, 7) is 5.09. The number of piperidine rings is 1. The molecule has 1 saturated heterocycles. The summed E-state index contributed by atoms with van der Waals surface area (Å²) in [6.07, 6.45) is 8.93. The molecule has 8 heteroatoms. The summed E-state index contributed by atoms with van der Waals surface area (Å²) >= 11 is 0. The Morgan fingerprint density at radius 3 is 2.70 bits per heavy atom. The van der Waals surface area contributed by atoms with Gasteiger partial charge in [-0.3, -0.25) is 9.69 Å². The summed E-state index contributed by atoms with van der Waals surface area (Å²) in [5, 5.41) is 11.8. The number of rotatable bonds is 5. The summed E-state index contributed by atoms with van der Waals surface area (Å²) in [6, 6.07) is 0.292. The first-order valence-corrected chi connectivity index (χ1v) is 11.0. The average molecular weight is 410 g/mol. The van der Waals surface area contributed by atoms with Crippen molar-refractivity contribution in [3.05, 3.63) is 11.9 Å². The maximum atomic E-state index is 11.2. The number of carbonyl (C=O) groups is 1. The molecule has 2 aliphatic rings. The molecule has 4 rings (SSSR count). The van der Waals surface area contributed by atoms with E-state index in [0.29, 0.717) is 24.5 Å². The van der Waals surface area contributed by atoms with Crippen LogP contribution in [0.4, 0.5) is 5.95 Å². The Bertz CT molecular complexity index is 944. The zero-order chi connectivity index (χ0) is 20.9. The number of amides is 1. The Morgan fingerprint density at radius 1 is 1.23 bits per heavy atom. The summed E-state index contributed by atoms with van der Waals surface area (Å²) < 4.78 is 2.02. The van der Waals surface area contributed by atoms with Crippen molar-refractivity contribution in [2.45, 2.75) is 58.0 Å². The van der Waals surface area contributed by atoms with Crippen molar-refractivity contribution in [2.75, 3.05) is 32.0 Å². The highest BCUT2D eigenvalue weighted by Crippen LogP contribution is 2.27. The van der Waals surface area contributed by atoms with Crippen LogP contribution >= 0.6 is 0 Å². The molecule has 160 valence electrons. The lowest BCUT2D eigenvalue weighted by molar-refractivity contribution is -0.119. The van der Waals surface area contributed by atoms with E-state index in [2.05, 4.69) is 37.3 Å². The molecule has 1 aliphatic heterocycles. The molecule has 1 saturated carbocycles. The van der Waals surface area contributed by atoms with E-state index in [0.717, 1.165) is 49.2 Å². The van der Waals surface area contributed by atoms with Gasteiger partial charge in [0, 0.05) is 45.8 Å². The zero-order valence-corrected chi connectivity index (χ0v) is 17.9. The van der Waals surface area contributed by atoms with Crippen molar-refractivity contribution in [3.63, 3.8) is 0 Å². The van der Waals surface area contributed by atoms with E-state index < -0.39 is 0 Å². The third kappa shape index (κ3) is 4.90. The number of aromatic nitrogens is 4. The number of hydrogen-bond donors (Lipinski definition) is 2. The second kappa shape index (κ2) is 9.43. The third-order valence-electron chi connectivity index (χ3n) is 6.12. The highest BCUT2D eigenvalue weighted by atomic mass is 16.1. The summed E-state index contributed by atoms with van der Waals surface area (Å²) in [7, 11) is 1.83. The smallest absolute Gasteiger partial charge is 0.224 e. The second-order valence-corrected chi connectivity index (χ2v) is 8.41. The number of likely N-dealkylation sites (tertiary alicyclic amines) is 1. The normalized spacial score (nSPS) is 18.3. The van der Waals surface area contributed by atoms with Crippen LogP contribution in [0, 0.1) is 17.8 Å². The molecule has 2 fully saturated rings. The van der Waals surface area contributed by atoms with Gasteiger partial charge in [0.1, 0.15) is 5.69 Å². The van der Waals surface area contributed by atoms with Gasteiger partial charge in [0.15, 0.2) is 5.65 Å². The first-order chi connectivity index (χ1) is 14.6. The van der Waals surface area contributed by atoms with Gasteiger partial charge < -0.3 is 10.6 Å².